The summed E-state index contributed by atoms with van der Waals surface area (Å²) in [7, 11) is 0. The average molecular weight is 202 g/mol. The van der Waals surface area contributed by atoms with Crippen LogP contribution in [0.2, 0.25) is 0 Å². The van der Waals surface area contributed by atoms with Crippen molar-refractivity contribution in [3.8, 4) is 0 Å². The van der Waals surface area contributed by atoms with E-state index >= 15 is 0 Å². The molecule has 0 aromatic heterocycles. The molecule has 0 aliphatic carbocycles. The zero-order valence-electron chi connectivity index (χ0n) is 9.38. The van der Waals surface area contributed by atoms with E-state index < -0.39 is 0 Å². The average Bonchev–Trinajstić information content (AvgIpc) is 2.04. The first-order chi connectivity index (χ1) is 6.45. The van der Waals surface area contributed by atoms with Gasteiger partial charge in [0.15, 0.2) is 0 Å². The van der Waals surface area contributed by atoms with Crippen LogP contribution >= 0.6 is 0 Å². The van der Waals surface area contributed by atoms with Gasteiger partial charge in [0.05, 0.1) is 0 Å². The van der Waals surface area contributed by atoms with Gasteiger partial charge in [-0.15, -0.1) is 0 Å². The Morgan fingerprint density at radius 3 is 2.00 bits per heavy atom. The van der Waals surface area contributed by atoms with Gasteiger partial charge in [-0.2, -0.15) is 0 Å². The van der Waals surface area contributed by atoms with Crippen LogP contribution in [0.5, 0.6) is 0 Å². The van der Waals surface area contributed by atoms with Crippen molar-refractivity contribution in [1.82, 2.24) is 5.32 Å². The fourth-order valence-corrected chi connectivity index (χ4v) is 0.989. The molecule has 1 saturated heterocycles. The van der Waals surface area contributed by atoms with E-state index in [1.807, 2.05) is 20.8 Å². The van der Waals surface area contributed by atoms with Crippen molar-refractivity contribution in [2.45, 2.75) is 45.3 Å². The molecule has 0 atom stereocenters. The zero-order chi connectivity index (χ0) is 11.0. The van der Waals surface area contributed by atoms with Crippen LogP contribution < -0.4 is 11.1 Å². The third-order valence-electron chi connectivity index (χ3n) is 1.79. The Balaban J connectivity index is 0.000000241. The monoisotopic (exact) mass is 202 g/mol. The Bertz CT molecular complexity index is 149. The van der Waals surface area contributed by atoms with E-state index in [-0.39, 0.29) is 5.60 Å². The molecule has 1 heterocycles. The zero-order valence-corrected chi connectivity index (χ0v) is 9.38. The maximum absolute atomic E-state index is 9.60. The van der Waals surface area contributed by atoms with Crippen molar-refractivity contribution in [3.63, 3.8) is 0 Å². The minimum atomic E-state index is -0.318. The van der Waals surface area contributed by atoms with Gasteiger partial charge in [-0.25, -0.2) is 0 Å². The molecule has 1 rings (SSSR count). The fourth-order valence-electron chi connectivity index (χ4n) is 0.989. The summed E-state index contributed by atoms with van der Waals surface area (Å²) in [5.74, 6) is 0. The molecule has 1 aliphatic heterocycles. The Hall–Kier alpha value is -0.610. The van der Waals surface area contributed by atoms with Crippen molar-refractivity contribution < 1.29 is 9.53 Å². The van der Waals surface area contributed by atoms with E-state index in [0.29, 0.717) is 12.5 Å². The third-order valence-corrected chi connectivity index (χ3v) is 1.79. The van der Waals surface area contributed by atoms with Crippen LogP contribution in [0, 0.1) is 0 Å². The predicted molar refractivity (Wildman–Crippen MR) is 57.0 cm³/mol. The molecule has 0 spiro atoms. The van der Waals surface area contributed by atoms with Gasteiger partial charge < -0.3 is 15.8 Å². The van der Waals surface area contributed by atoms with Crippen molar-refractivity contribution in [2.24, 2.45) is 5.73 Å². The van der Waals surface area contributed by atoms with Crippen LogP contribution in [0.3, 0.4) is 0 Å². The molecule has 3 N–H and O–H groups in total. The molecule has 84 valence electrons. The van der Waals surface area contributed by atoms with Gasteiger partial charge in [0.25, 0.3) is 6.47 Å². The lowest BCUT2D eigenvalue weighted by molar-refractivity contribution is -0.138. The highest BCUT2D eigenvalue weighted by Gasteiger charge is 2.07. The van der Waals surface area contributed by atoms with Gasteiger partial charge >= 0.3 is 0 Å². The summed E-state index contributed by atoms with van der Waals surface area (Å²) in [6.07, 6.45) is 2.31. The maximum Gasteiger partial charge on any atom is 0.293 e. The SMILES string of the molecule is CC(C)(C)OC=O.NC1CCNCC1. The number of hydrogen-bond acceptors (Lipinski definition) is 4. The largest absolute Gasteiger partial charge is 0.462 e. The smallest absolute Gasteiger partial charge is 0.293 e. The highest BCUT2D eigenvalue weighted by Crippen LogP contribution is 2.02. The molecule has 0 bridgehead atoms. The summed E-state index contributed by atoms with van der Waals surface area (Å²) in [6.45, 7) is 8.15. The number of nitrogens with one attached hydrogen (secondary N) is 1. The van der Waals surface area contributed by atoms with E-state index in [4.69, 9.17) is 5.73 Å². The first-order valence-electron chi connectivity index (χ1n) is 5.03. The molecule has 1 aliphatic rings. The number of rotatable bonds is 1. The van der Waals surface area contributed by atoms with Crippen LogP contribution in [-0.2, 0) is 9.53 Å². The summed E-state index contributed by atoms with van der Waals surface area (Å²) >= 11 is 0. The Morgan fingerprint density at radius 2 is 1.86 bits per heavy atom. The van der Waals surface area contributed by atoms with E-state index in [0.717, 1.165) is 25.9 Å². The molecule has 0 radical (unpaired) electrons. The Morgan fingerprint density at radius 1 is 1.36 bits per heavy atom. The third kappa shape index (κ3) is 9.48. The maximum atomic E-state index is 9.60. The van der Waals surface area contributed by atoms with E-state index in [1.165, 1.54) is 0 Å². The predicted octanol–water partition coefficient (Wildman–Crippen LogP) is 0.655. The summed E-state index contributed by atoms with van der Waals surface area (Å²) in [5.41, 5.74) is 5.28. The normalized spacial score (nSPS) is 18.0. The molecular weight excluding hydrogens is 180 g/mol. The second-order valence-electron chi connectivity index (χ2n) is 4.41. The minimum absolute atomic E-state index is 0.318. The van der Waals surface area contributed by atoms with Crippen LogP contribution in [0.4, 0.5) is 0 Å². The minimum Gasteiger partial charge on any atom is -0.462 e. The summed E-state index contributed by atoms with van der Waals surface area (Å²) < 4.78 is 4.55. The van der Waals surface area contributed by atoms with Gasteiger partial charge in [0, 0.05) is 6.04 Å². The van der Waals surface area contributed by atoms with E-state index in [2.05, 4.69) is 10.1 Å². The van der Waals surface area contributed by atoms with Gasteiger partial charge in [-0.3, -0.25) is 4.79 Å². The summed E-state index contributed by atoms with van der Waals surface area (Å²) in [6, 6.07) is 0.473. The number of hydrogen-bond donors (Lipinski definition) is 2. The Kier molecular flexibility index (Phi) is 6.49. The van der Waals surface area contributed by atoms with Crippen LogP contribution in [0.15, 0.2) is 0 Å². The first kappa shape index (κ1) is 13.4. The number of carbonyl (C=O) groups is 1. The number of carbonyl (C=O) groups excluding carboxylic acids is 1. The molecule has 0 aromatic carbocycles. The second-order valence-corrected chi connectivity index (χ2v) is 4.41. The molecule has 0 saturated carbocycles. The van der Waals surface area contributed by atoms with E-state index in [9.17, 15) is 4.79 Å². The lowest BCUT2D eigenvalue weighted by Gasteiger charge is -2.17. The highest BCUT2D eigenvalue weighted by molar-refractivity contribution is 5.37. The Labute approximate surface area is 86.2 Å². The summed E-state index contributed by atoms with van der Waals surface area (Å²) in [4.78, 5) is 9.60. The van der Waals surface area contributed by atoms with Crippen LogP contribution in [-0.4, -0.2) is 31.2 Å². The lowest BCUT2D eigenvalue weighted by atomic mass is 10.1. The number of piperidine rings is 1. The lowest BCUT2D eigenvalue weighted by Crippen LogP contribution is -2.35. The molecule has 0 aromatic rings. The molecule has 14 heavy (non-hydrogen) atoms. The molecular formula is C10H22N2O2. The number of nitrogens with two attached hydrogens (primary N) is 1. The molecule has 0 unspecified atom stereocenters. The van der Waals surface area contributed by atoms with Crippen molar-refractivity contribution in [2.75, 3.05) is 13.1 Å². The molecule has 4 nitrogen and oxygen atoms in total. The van der Waals surface area contributed by atoms with Crippen LogP contribution in [0.25, 0.3) is 0 Å². The topological polar surface area (TPSA) is 64.3 Å². The van der Waals surface area contributed by atoms with Crippen LogP contribution in [0.1, 0.15) is 33.6 Å². The van der Waals surface area contributed by atoms with Crippen molar-refractivity contribution in [1.29, 1.82) is 0 Å². The molecule has 0 amide bonds. The highest BCUT2D eigenvalue weighted by atomic mass is 16.5. The first-order valence-corrected chi connectivity index (χ1v) is 5.03. The second kappa shape index (κ2) is 6.79. The standard InChI is InChI=1S/C5H12N2.C5H10O2/c6-5-1-3-7-4-2-5;1-5(2,3)7-4-6/h5,7H,1-4,6H2;4H,1-3H3. The van der Waals surface area contributed by atoms with Gasteiger partial charge in [-0.05, 0) is 46.7 Å². The van der Waals surface area contributed by atoms with Gasteiger partial charge in [-0.1, -0.05) is 0 Å². The molecule has 1 fully saturated rings. The quantitative estimate of drug-likeness (QED) is 0.613. The van der Waals surface area contributed by atoms with Crippen molar-refractivity contribution in [3.05, 3.63) is 0 Å². The van der Waals surface area contributed by atoms with Crippen molar-refractivity contribution >= 4 is 6.47 Å². The number of ether oxygens (including phenoxy) is 1. The van der Waals surface area contributed by atoms with Gasteiger partial charge in [0.2, 0.25) is 0 Å². The molecule has 4 heteroatoms. The van der Waals surface area contributed by atoms with E-state index in [1.54, 1.807) is 0 Å². The summed E-state index contributed by atoms with van der Waals surface area (Å²) in [5, 5.41) is 3.24. The van der Waals surface area contributed by atoms with Gasteiger partial charge in [0.1, 0.15) is 5.60 Å². The fraction of sp³-hybridized carbons (Fsp3) is 0.900.